The van der Waals surface area contributed by atoms with Crippen LogP contribution in [0.4, 0.5) is 5.69 Å². The van der Waals surface area contributed by atoms with Gasteiger partial charge in [-0.1, -0.05) is 30.3 Å². The molecule has 0 radical (unpaired) electrons. The first-order chi connectivity index (χ1) is 10.6. The van der Waals surface area contributed by atoms with E-state index in [9.17, 15) is 9.90 Å². The van der Waals surface area contributed by atoms with Crippen molar-refractivity contribution in [2.24, 2.45) is 5.73 Å². The number of aromatic hydroxyl groups is 1. The van der Waals surface area contributed by atoms with Crippen molar-refractivity contribution < 1.29 is 9.90 Å². The predicted octanol–water partition coefficient (Wildman–Crippen LogP) is 2.53. The number of amides is 1. The van der Waals surface area contributed by atoms with Gasteiger partial charge in [0.05, 0.1) is 11.3 Å². The van der Waals surface area contributed by atoms with Crippen molar-refractivity contribution in [1.29, 1.82) is 0 Å². The Hall–Kier alpha value is -3.21. The fraction of sp³-hybridized carbons (Fsp3) is 0. The highest BCUT2D eigenvalue weighted by Gasteiger charge is 2.11. The van der Waals surface area contributed by atoms with E-state index in [1.165, 1.54) is 12.1 Å². The Kier molecular flexibility index (Phi) is 3.31. The number of benzene rings is 2. The number of aromatic nitrogens is 1. The zero-order valence-electron chi connectivity index (χ0n) is 11.7. The van der Waals surface area contributed by atoms with Crippen LogP contribution in [0.5, 0.6) is 5.75 Å². The summed E-state index contributed by atoms with van der Waals surface area (Å²) in [5.41, 5.74) is 14.6. The Morgan fingerprint density at radius 2 is 1.77 bits per heavy atom. The molecule has 3 rings (SSSR count). The summed E-state index contributed by atoms with van der Waals surface area (Å²) in [6.45, 7) is 0. The number of anilines is 1. The lowest BCUT2D eigenvalue weighted by atomic mass is 10.1. The van der Waals surface area contributed by atoms with Crippen LogP contribution in [0.25, 0.3) is 16.8 Å². The van der Waals surface area contributed by atoms with Gasteiger partial charge in [-0.15, -0.1) is 0 Å². The number of rotatable bonds is 3. The zero-order chi connectivity index (χ0) is 15.7. The molecular weight excluding hydrogens is 278 g/mol. The SMILES string of the molecule is NC(=O)c1ccc(-n2cc(N)c(-c3ccccc3)c2)cc1O. The maximum atomic E-state index is 11.1. The van der Waals surface area contributed by atoms with Crippen LogP contribution in [0, 0.1) is 0 Å². The molecule has 1 heterocycles. The minimum Gasteiger partial charge on any atom is -0.507 e. The zero-order valence-corrected chi connectivity index (χ0v) is 11.7. The Morgan fingerprint density at radius 1 is 1.05 bits per heavy atom. The van der Waals surface area contributed by atoms with Gasteiger partial charge in [-0.2, -0.15) is 0 Å². The average molecular weight is 293 g/mol. The van der Waals surface area contributed by atoms with Gasteiger partial charge >= 0.3 is 0 Å². The van der Waals surface area contributed by atoms with Crippen LogP contribution in [0.3, 0.4) is 0 Å². The van der Waals surface area contributed by atoms with Crippen LogP contribution in [-0.2, 0) is 0 Å². The molecule has 0 saturated heterocycles. The maximum absolute atomic E-state index is 11.1. The van der Waals surface area contributed by atoms with Crippen LogP contribution < -0.4 is 11.5 Å². The van der Waals surface area contributed by atoms with Gasteiger partial charge in [0, 0.05) is 29.7 Å². The minimum absolute atomic E-state index is 0.0900. The van der Waals surface area contributed by atoms with E-state index in [1.807, 2.05) is 36.5 Å². The van der Waals surface area contributed by atoms with E-state index in [0.29, 0.717) is 11.4 Å². The second-order valence-electron chi connectivity index (χ2n) is 4.97. The molecule has 0 saturated carbocycles. The molecule has 0 aliphatic carbocycles. The second-order valence-corrected chi connectivity index (χ2v) is 4.97. The molecule has 1 amide bonds. The monoisotopic (exact) mass is 293 g/mol. The molecule has 0 aliphatic rings. The quantitative estimate of drug-likeness (QED) is 0.692. The standard InChI is InChI=1S/C17H15N3O2/c18-15-10-20(9-14(15)11-4-2-1-3-5-11)12-6-7-13(17(19)22)16(21)8-12/h1-10,21H,18H2,(H2,19,22). The summed E-state index contributed by atoms with van der Waals surface area (Å²) in [6.07, 6.45) is 3.64. The van der Waals surface area contributed by atoms with Crippen molar-refractivity contribution in [3.63, 3.8) is 0 Å². The first-order valence-corrected chi connectivity index (χ1v) is 6.72. The molecule has 5 heteroatoms. The first kappa shape index (κ1) is 13.8. The number of carbonyl (C=O) groups excluding carboxylic acids is 1. The van der Waals surface area contributed by atoms with Gasteiger partial charge in [-0.25, -0.2) is 0 Å². The third-order valence-electron chi connectivity index (χ3n) is 3.49. The van der Waals surface area contributed by atoms with Crippen molar-refractivity contribution in [2.45, 2.75) is 0 Å². The van der Waals surface area contributed by atoms with E-state index in [1.54, 1.807) is 16.8 Å². The third-order valence-corrected chi connectivity index (χ3v) is 3.49. The molecule has 1 aromatic heterocycles. The highest BCUT2D eigenvalue weighted by molar-refractivity contribution is 5.95. The van der Waals surface area contributed by atoms with Crippen molar-refractivity contribution in [1.82, 2.24) is 4.57 Å². The largest absolute Gasteiger partial charge is 0.507 e. The van der Waals surface area contributed by atoms with Gasteiger partial charge in [-0.05, 0) is 17.7 Å². The molecule has 0 fully saturated rings. The van der Waals surface area contributed by atoms with Crippen LogP contribution in [0.2, 0.25) is 0 Å². The average Bonchev–Trinajstić information content (AvgIpc) is 2.89. The van der Waals surface area contributed by atoms with Crippen LogP contribution >= 0.6 is 0 Å². The highest BCUT2D eigenvalue weighted by atomic mass is 16.3. The van der Waals surface area contributed by atoms with Gasteiger partial charge < -0.3 is 21.1 Å². The molecular formula is C17H15N3O2. The number of primary amides is 1. The van der Waals surface area contributed by atoms with Gasteiger partial charge in [-0.3, -0.25) is 4.79 Å². The van der Waals surface area contributed by atoms with E-state index in [0.717, 1.165) is 11.1 Å². The summed E-state index contributed by atoms with van der Waals surface area (Å²) in [6, 6.07) is 14.5. The number of nitrogens with zero attached hydrogens (tertiary/aromatic N) is 1. The number of nitrogen functional groups attached to an aromatic ring is 1. The highest BCUT2D eigenvalue weighted by Crippen LogP contribution is 2.29. The minimum atomic E-state index is -0.666. The number of phenols is 1. The molecule has 0 unspecified atom stereocenters. The molecule has 5 N–H and O–H groups in total. The van der Waals surface area contributed by atoms with Gasteiger partial charge in [0.15, 0.2) is 0 Å². The maximum Gasteiger partial charge on any atom is 0.252 e. The van der Waals surface area contributed by atoms with Crippen molar-refractivity contribution in [3.8, 4) is 22.6 Å². The van der Waals surface area contributed by atoms with Crippen LogP contribution in [0.15, 0.2) is 60.9 Å². The molecule has 0 aliphatic heterocycles. The lowest BCUT2D eigenvalue weighted by molar-refractivity contribution is 0.0998. The van der Waals surface area contributed by atoms with Crippen molar-refractivity contribution in [2.75, 3.05) is 5.73 Å². The summed E-state index contributed by atoms with van der Waals surface area (Å²) < 4.78 is 1.79. The smallest absolute Gasteiger partial charge is 0.252 e. The molecule has 22 heavy (non-hydrogen) atoms. The number of nitrogens with two attached hydrogens (primary N) is 2. The Labute approximate surface area is 127 Å². The Bertz CT molecular complexity index is 838. The van der Waals surface area contributed by atoms with E-state index in [4.69, 9.17) is 11.5 Å². The van der Waals surface area contributed by atoms with Crippen molar-refractivity contribution in [3.05, 3.63) is 66.5 Å². The Morgan fingerprint density at radius 3 is 2.41 bits per heavy atom. The van der Waals surface area contributed by atoms with E-state index >= 15 is 0 Å². The summed E-state index contributed by atoms with van der Waals surface area (Å²) in [5.74, 6) is -0.820. The van der Waals surface area contributed by atoms with Gasteiger partial charge in [0.2, 0.25) is 0 Å². The lowest BCUT2D eigenvalue weighted by Crippen LogP contribution is -2.11. The fourth-order valence-corrected chi connectivity index (χ4v) is 2.37. The topological polar surface area (TPSA) is 94.3 Å². The fourth-order valence-electron chi connectivity index (χ4n) is 2.37. The number of hydrogen-bond acceptors (Lipinski definition) is 3. The normalized spacial score (nSPS) is 10.5. The van der Waals surface area contributed by atoms with Crippen molar-refractivity contribution >= 4 is 11.6 Å². The summed E-state index contributed by atoms with van der Waals surface area (Å²) in [7, 11) is 0. The van der Waals surface area contributed by atoms with Gasteiger partial charge in [0.1, 0.15) is 5.75 Å². The first-order valence-electron chi connectivity index (χ1n) is 6.72. The predicted molar refractivity (Wildman–Crippen MR) is 85.8 cm³/mol. The summed E-state index contributed by atoms with van der Waals surface area (Å²) in [4.78, 5) is 11.1. The Balaban J connectivity index is 2.04. The molecule has 0 bridgehead atoms. The molecule has 0 spiro atoms. The molecule has 2 aromatic carbocycles. The van der Waals surface area contributed by atoms with E-state index < -0.39 is 5.91 Å². The molecule has 5 nitrogen and oxygen atoms in total. The summed E-state index contributed by atoms with van der Waals surface area (Å²) >= 11 is 0. The van der Waals surface area contributed by atoms with Gasteiger partial charge in [0.25, 0.3) is 5.91 Å². The second kappa shape index (κ2) is 5.29. The van der Waals surface area contributed by atoms with Crippen LogP contribution in [-0.4, -0.2) is 15.6 Å². The molecule has 110 valence electrons. The molecule has 3 aromatic rings. The lowest BCUT2D eigenvalue weighted by Gasteiger charge is -2.06. The van der Waals surface area contributed by atoms with E-state index in [2.05, 4.69) is 0 Å². The van der Waals surface area contributed by atoms with E-state index in [-0.39, 0.29) is 11.3 Å². The van der Waals surface area contributed by atoms with Crippen LogP contribution in [0.1, 0.15) is 10.4 Å². The number of hydrogen-bond donors (Lipinski definition) is 3. The summed E-state index contributed by atoms with van der Waals surface area (Å²) in [5, 5.41) is 9.87. The third kappa shape index (κ3) is 2.40. The molecule has 0 atom stereocenters. The number of carbonyl (C=O) groups is 1.